The summed E-state index contributed by atoms with van der Waals surface area (Å²) in [5.74, 6) is 0. The number of nitrogen functional groups attached to an aromatic ring is 1. The van der Waals surface area contributed by atoms with E-state index < -0.39 is 0 Å². The molecule has 0 aliphatic carbocycles. The molecule has 1 aliphatic heterocycles. The number of hydrogen-bond acceptors (Lipinski definition) is 2. The topological polar surface area (TPSA) is 29.3 Å². The molecule has 3 rings (SSSR count). The fourth-order valence-corrected chi connectivity index (χ4v) is 2.98. The standard InChI is InChI=1S/C18H22N2/c19-18-9-8-16-10-12-20(14-17(16)13-18)11-4-7-15-5-2-1-3-6-15/h1-3,5-6,8-9,13H,4,7,10-12,14,19H2. The molecule has 1 aliphatic rings. The molecule has 0 unspecified atom stereocenters. The van der Waals surface area contributed by atoms with E-state index in [9.17, 15) is 0 Å². The van der Waals surface area contributed by atoms with Crippen molar-refractivity contribution < 1.29 is 0 Å². The third-order valence-corrected chi connectivity index (χ3v) is 4.10. The minimum atomic E-state index is 0.884. The van der Waals surface area contributed by atoms with Gasteiger partial charge < -0.3 is 5.73 Å². The summed E-state index contributed by atoms with van der Waals surface area (Å²) < 4.78 is 0. The quantitative estimate of drug-likeness (QED) is 0.861. The molecule has 0 bridgehead atoms. The van der Waals surface area contributed by atoms with E-state index in [1.165, 1.54) is 42.6 Å². The maximum atomic E-state index is 5.88. The van der Waals surface area contributed by atoms with Gasteiger partial charge in [0.1, 0.15) is 0 Å². The number of rotatable bonds is 4. The summed E-state index contributed by atoms with van der Waals surface area (Å²) in [6.07, 6.45) is 3.55. The van der Waals surface area contributed by atoms with Crippen molar-refractivity contribution in [3.05, 3.63) is 65.2 Å². The molecule has 0 fully saturated rings. The molecule has 20 heavy (non-hydrogen) atoms. The van der Waals surface area contributed by atoms with Gasteiger partial charge in [-0.05, 0) is 54.6 Å². The van der Waals surface area contributed by atoms with Crippen LogP contribution in [0.4, 0.5) is 5.69 Å². The molecule has 0 amide bonds. The Bertz CT molecular complexity index is 563. The number of benzene rings is 2. The minimum absolute atomic E-state index is 0.884. The average Bonchev–Trinajstić information content (AvgIpc) is 2.48. The van der Waals surface area contributed by atoms with Crippen molar-refractivity contribution in [1.29, 1.82) is 0 Å². The van der Waals surface area contributed by atoms with Crippen LogP contribution in [0.15, 0.2) is 48.5 Å². The van der Waals surface area contributed by atoms with Gasteiger partial charge in [-0.25, -0.2) is 0 Å². The van der Waals surface area contributed by atoms with Crippen LogP contribution in [0.25, 0.3) is 0 Å². The zero-order valence-corrected chi connectivity index (χ0v) is 11.9. The van der Waals surface area contributed by atoms with Crippen molar-refractivity contribution >= 4 is 5.69 Å². The summed E-state index contributed by atoms with van der Waals surface area (Å²) in [6.45, 7) is 3.39. The smallest absolute Gasteiger partial charge is 0.0317 e. The van der Waals surface area contributed by atoms with E-state index in [1.807, 2.05) is 6.07 Å². The largest absolute Gasteiger partial charge is 0.399 e. The third-order valence-electron chi connectivity index (χ3n) is 4.10. The highest BCUT2D eigenvalue weighted by atomic mass is 15.1. The summed E-state index contributed by atoms with van der Waals surface area (Å²) in [7, 11) is 0. The molecule has 0 saturated heterocycles. The van der Waals surface area contributed by atoms with Crippen molar-refractivity contribution in [2.24, 2.45) is 0 Å². The maximum absolute atomic E-state index is 5.88. The number of nitrogens with two attached hydrogens (primary N) is 1. The molecule has 2 aromatic rings. The highest BCUT2D eigenvalue weighted by Gasteiger charge is 2.15. The lowest BCUT2D eigenvalue weighted by molar-refractivity contribution is 0.251. The van der Waals surface area contributed by atoms with Gasteiger partial charge in [-0.1, -0.05) is 36.4 Å². The first-order chi connectivity index (χ1) is 9.81. The Morgan fingerprint density at radius 3 is 2.70 bits per heavy atom. The van der Waals surface area contributed by atoms with Crippen molar-refractivity contribution in [2.45, 2.75) is 25.8 Å². The second-order valence-corrected chi connectivity index (χ2v) is 5.64. The first-order valence-corrected chi connectivity index (χ1v) is 7.45. The Morgan fingerprint density at radius 2 is 1.85 bits per heavy atom. The summed E-state index contributed by atoms with van der Waals surface area (Å²) in [6, 6.07) is 17.1. The number of fused-ring (bicyclic) bond motifs is 1. The maximum Gasteiger partial charge on any atom is 0.0317 e. The lowest BCUT2D eigenvalue weighted by Gasteiger charge is -2.28. The molecule has 0 saturated carbocycles. The van der Waals surface area contributed by atoms with E-state index in [0.29, 0.717) is 0 Å². The highest BCUT2D eigenvalue weighted by Crippen LogP contribution is 2.21. The molecule has 2 nitrogen and oxygen atoms in total. The second-order valence-electron chi connectivity index (χ2n) is 5.64. The van der Waals surface area contributed by atoms with E-state index in [4.69, 9.17) is 5.73 Å². The normalized spacial score (nSPS) is 15.0. The first-order valence-electron chi connectivity index (χ1n) is 7.45. The SMILES string of the molecule is Nc1ccc2c(c1)CN(CCCc1ccccc1)CC2. The summed E-state index contributed by atoms with van der Waals surface area (Å²) >= 11 is 0. The minimum Gasteiger partial charge on any atom is -0.399 e. The van der Waals surface area contributed by atoms with Gasteiger partial charge in [-0.15, -0.1) is 0 Å². The van der Waals surface area contributed by atoms with Crippen LogP contribution in [0.2, 0.25) is 0 Å². The fraction of sp³-hybridized carbons (Fsp3) is 0.333. The number of aryl methyl sites for hydroxylation is 1. The van der Waals surface area contributed by atoms with Gasteiger partial charge in [0.05, 0.1) is 0 Å². The molecule has 2 heteroatoms. The average molecular weight is 266 g/mol. The van der Waals surface area contributed by atoms with E-state index in [-0.39, 0.29) is 0 Å². The van der Waals surface area contributed by atoms with Gasteiger partial charge in [0.2, 0.25) is 0 Å². The zero-order valence-electron chi connectivity index (χ0n) is 11.9. The van der Waals surface area contributed by atoms with Gasteiger partial charge in [-0.2, -0.15) is 0 Å². The van der Waals surface area contributed by atoms with Crippen molar-refractivity contribution in [3.63, 3.8) is 0 Å². The van der Waals surface area contributed by atoms with Gasteiger partial charge in [0.25, 0.3) is 0 Å². The zero-order chi connectivity index (χ0) is 13.8. The van der Waals surface area contributed by atoms with Crippen LogP contribution in [0.3, 0.4) is 0 Å². The summed E-state index contributed by atoms with van der Waals surface area (Å²) in [5, 5.41) is 0. The number of anilines is 1. The Morgan fingerprint density at radius 1 is 1.00 bits per heavy atom. The lowest BCUT2D eigenvalue weighted by atomic mass is 9.99. The predicted octanol–water partition coefficient (Wildman–Crippen LogP) is 3.26. The van der Waals surface area contributed by atoms with Crippen LogP contribution in [-0.2, 0) is 19.4 Å². The van der Waals surface area contributed by atoms with Gasteiger partial charge in [0.15, 0.2) is 0 Å². The fourth-order valence-electron chi connectivity index (χ4n) is 2.98. The number of nitrogens with zero attached hydrogens (tertiary/aromatic N) is 1. The van der Waals surface area contributed by atoms with Crippen LogP contribution >= 0.6 is 0 Å². The Balaban J connectivity index is 1.53. The molecule has 2 aromatic carbocycles. The molecule has 0 spiro atoms. The molecule has 2 N–H and O–H groups in total. The van der Waals surface area contributed by atoms with Crippen LogP contribution in [0, 0.1) is 0 Å². The van der Waals surface area contributed by atoms with Gasteiger partial charge in [-0.3, -0.25) is 4.90 Å². The van der Waals surface area contributed by atoms with Crippen LogP contribution in [0.5, 0.6) is 0 Å². The van der Waals surface area contributed by atoms with Crippen LogP contribution in [0.1, 0.15) is 23.1 Å². The van der Waals surface area contributed by atoms with E-state index >= 15 is 0 Å². The van der Waals surface area contributed by atoms with Gasteiger partial charge in [0, 0.05) is 18.8 Å². The van der Waals surface area contributed by atoms with Crippen molar-refractivity contribution in [1.82, 2.24) is 4.90 Å². The van der Waals surface area contributed by atoms with E-state index in [2.05, 4.69) is 47.4 Å². The van der Waals surface area contributed by atoms with Crippen LogP contribution in [-0.4, -0.2) is 18.0 Å². The molecular weight excluding hydrogens is 244 g/mol. The third kappa shape index (κ3) is 3.20. The molecule has 1 heterocycles. The van der Waals surface area contributed by atoms with E-state index in [0.717, 1.165) is 18.7 Å². The first kappa shape index (κ1) is 13.2. The van der Waals surface area contributed by atoms with E-state index in [1.54, 1.807) is 0 Å². The highest BCUT2D eigenvalue weighted by molar-refractivity contribution is 5.45. The Hall–Kier alpha value is -1.80. The van der Waals surface area contributed by atoms with Gasteiger partial charge >= 0.3 is 0 Å². The van der Waals surface area contributed by atoms with Crippen molar-refractivity contribution in [2.75, 3.05) is 18.8 Å². The molecule has 0 aromatic heterocycles. The summed E-state index contributed by atoms with van der Waals surface area (Å²) in [5.41, 5.74) is 11.1. The molecular formula is C18H22N2. The monoisotopic (exact) mass is 266 g/mol. The summed E-state index contributed by atoms with van der Waals surface area (Å²) in [4.78, 5) is 2.55. The van der Waals surface area contributed by atoms with Crippen LogP contribution < -0.4 is 5.73 Å². The Kier molecular flexibility index (Phi) is 4.03. The number of hydrogen-bond donors (Lipinski definition) is 1. The molecule has 0 radical (unpaired) electrons. The predicted molar refractivity (Wildman–Crippen MR) is 84.6 cm³/mol. The molecule has 0 atom stereocenters. The molecule has 104 valence electrons. The second kappa shape index (κ2) is 6.10. The van der Waals surface area contributed by atoms with Crippen molar-refractivity contribution in [3.8, 4) is 0 Å². The Labute approximate surface area is 121 Å². The lowest BCUT2D eigenvalue weighted by Crippen LogP contribution is -2.31.